The Morgan fingerprint density at radius 1 is 1.07 bits per heavy atom. The van der Waals surface area contributed by atoms with Crippen molar-refractivity contribution < 1.29 is 4.39 Å². The van der Waals surface area contributed by atoms with Crippen LogP contribution in [0.1, 0.15) is 45.0 Å². The number of nitrogens with zero attached hydrogens (tertiary/aromatic N) is 4. The lowest BCUT2D eigenvalue weighted by Gasteiger charge is -2.15. The summed E-state index contributed by atoms with van der Waals surface area (Å²) in [5, 5.41) is 13.4. The number of H-pyrrole nitrogens is 1. The Morgan fingerprint density at radius 3 is 2.37 bits per heavy atom. The number of halogens is 1. The number of nitrogens with one attached hydrogen (secondary N) is 3. The van der Waals surface area contributed by atoms with E-state index in [4.69, 9.17) is 5.73 Å². The maximum atomic E-state index is 13.1. The minimum absolute atomic E-state index is 0.0532. The zero-order valence-electron chi connectivity index (χ0n) is 15.7. The fourth-order valence-corrected chi connectivity index (χ4v) is 2.43. The predicted molar refractivity (Wildman–Crippen MR) is 103 cm³/mol. The highest BCUT2D eigenvalue weighted by Gasteiger charge is 2.17. The van der Waals surface area contributed by atoms with Crippen molar-refractivity contribution in [1.29, 1.82) is 0 Å². The summed E-state index contributed by atoms with van der Waals surface area (Å²) in [6, 6.07) is 7.98. The first-order chi connectivity index (χ1) is 12.7. The van der Waals surface area contributed by atoms with Crippen LogP contribution in [0, 0.1) is 5.82 Å². The van der Waals surface area contributed by atoms with Gasteiger partial charge in [-0.15, -0.1) is 0 Å². The summed E-state index contributed by atoms with van der Waals surface area (Å²) in [6.45, 7) is 8.18. The van der Waals surface area contributed by atoms with Gasteiger partial charge in [-0.05, 0) is 24.6 Å². The van der Waals surface area contributed by atoms with E-state index < -0.39 is 0 Å². The molecule has 0 saturated carbocycles. The minimum Gasteiger partial charge on any atom is -0.368 e. The zero-order chi connectivity index (χ0) is 19.6. The first-order valence-electron chi connectivity index (χ1n) is 8.57. The Labute approximate surface area is 156 Å². The molecular formula is C18H23FN8. The van der Waals surface area contributed by atoms with E-state index in [1.807, 2.05) is 13.0 Å². The van der Waals surface area contributed by atoms with Crippen LogP contribution in [-0.2, 0) is 5.41 Å². The molecule has 0 aliphatic carbocycles. The molecule has 0 spiro atoms. The van der Waals surface area contributed by atoms with Crippen molar-refractivity contribution in [1.82, 2.24) is 25.1 Å². The highest BCUT2D eigenvalue weighted by atomic mass is 19.1. The fourth-order valence-electron chi connectivity index (χ4n) is 2.43. The van der Waals surface area contributed by atoms with Gasteiger partial charge in [-0.25, -0.2) is 4.39 Å². The second-order valence-corrected chi connectivity index (χ2v) is 7.30. The van der Waals surface area contributed by atoms with Gasteiger partial charge in [0.2, 0.25) is 17.8 Å². The fraction of sp³-hybridized carbons (Fsp3) is 0.333. The molecule has 0 bridgehead atoms. The molecule has 3 aromatic rings. The first kappa shape index (κ1) is 18.6. The van der Waals surface area contributed by atoms with Crippen LogP contribution in [0.4, 0.5) is 28.1 Å². The van der Waals surface area contributed by atoms with Crippen molar-refractivity contribution >= 4 is 23.7 Å². The summed E-state index contributed by atoms with van der Waals surface area (Å²) >= 11 is 0. The van der Waals surface area contributed by atoms with E-state index in [9.17, 15) is 4.39 Å². The number of anilines is 4. The second-order valence-electron chi connectivity index (χ2n) is 7.30. The highest BCUT2D eigenvalue weighted by molar-refractivity contribution is 5.52. The molecule has 0 fully saturated rings. The number of aromatic nitrogens is 5. The molecule has 142 valence electrons. The average molecular weight is 370 g/mol. The Hall–Kier alpha value is -3.23. The largest absolute Gasteiger partial charge is 0.368 e. The molecule has 9 heteroatoms. The number of hydrogen-bond donors (Lipinski definition) is 4. The number of hydrogen-bond acceptors (Lipinski definition) is 7. The summed E-state index contributed by atoms with van der Waals surface area (Å²) in [6.07, 6.45) is 0. The average Bonchev–Trinajstić information content (AvgIpc) is 3.03. The SMILES string of the molecule is CC(Nc1nc(N)nc(Nc2cc(C(C)(C)C)[nH]n2)n1)c1ccc(F)cc1. The number of aromatic amines is 1. The smallest absolute Gasteiger partial charge is 0.235 e. The van der Waals surface area contributed by atoms with Gasteiger partial charge in [0.25, 0.3) is 0 Å². The van der Waals surface area contributed by atoms with E-state index in [0.29, 0.717) is 11.8 Å². The molecule has 1 aromatic carbocycles. The summed E-state index contributed by atoms with van der Waals surface area (Å²) < 4.78 is 13.1. The first-order valence-corrected chi connectivity index (χ1v) is 8.57. The van der Waals surface area contributed by atoms with Crippen LogP contribution in [0.15, 0.2) is 30.3 Å². The molecule has 2 aromatic heterocycles. The van der Waals surface area contributed by atoms with Crippen molar-refractivity contribution in [3.63, 3.8) is 0 Å². The highest BCUT2D eigenvalue weighted by Crippen LogP contribution is 2.24. The maximum absolute atomic E-state index is 13.1. The normalized spacial score (nSPS) is 12.6. The van der Waals surface area contributed by atoms with Gasteiger partial charge < -0.3 is 16.4 Å². The molecule has 2 heterocycles. The molecule has 0 amide bonds. The van der Waals surface area contributed by atoms with Crippen LogP contribution in [0.3, 0.4) is 0 Å². The lowest BCUT2D eigenvalue weighted by Crippen LogP contribution is -2.13. The summed E-state index contributed by atoms with van der Waals surface area (Å²) in [7, 11) is 0. The molecule has 0 radical (unpaired) electrons. The monoisotopic (exact) mass is 370 g/mol. The Kier molecular flexibility index (Phi) is 4.93. The van der Waals surface area contributed by atoms with E-state index >= 15 is 0 Å². The molecule has 0 aliphatic rings. The van der Waals surface area contributed by atoms with E-state index in [2.05, 4.69) is 56.6 Å². The number of rotatable bonds is 5. The van der Waals surface area contributed by atoms with Gasteiger partial charge in [0.15, 0.2) is 5.82 Å². The number of benzene rings is 1. The molecule has 0 aliphatic heterocycles. The molecular weight excluding hydrogens is 347 g/mol. The van der Waals surface area contributed by atoms with E-state index in [-0.39, 0.29) is 29.2 Å². The van der Waals surface area contributed by atoms with Gasteiger partial charge in [0.1, 0.15) is 5.82 Å². The summed E-state index contributed by atoms with van der Waals surface area (Å²) in [4.78, 5) is 12.5. The van der Waals surface area contributed by atoms with Gasteiger partial charge in [0, 0.05) is 17.2 Å². The van der Waals surface area contributed by atoms with Crippen LogP contribution >= 0.6 is 0 Å². The van der Waals surface area contributed by atoms with Crippen LogP contribution in [0.25, 0.3) is 0 Å². The maximum Gasteiger partial charge on any atom is 0.235 e. The van der Waals surface area contributed by atoms with Crippen molar-refractivity contribution in [2.75, 3.05) is 16.4 Å². The van der Waals surface area contributed by atoms with Gasteiger partial charge in [0.05, 0.1) is 6.04 Å². The Balaban J connectivity index is 1.76. The predicted octanol–water partition coefficient (Wildman–Crippen LogP) is 3.53. The lowest BCUT2D eigenvalue weighted by molar-refractivity contribution is 0.567. The molecule has 3 rings (SSSR count). The summed E-state index contributed by atoms with van der Waals surface area (Å²) in [5.41, 5.74) is 7.63. The Morgan fingerprint density at radius 2 is 1.74 bits per heavy atom. The third-order valence-corrected chi connectivity index (χ3v) is 3.99. The third-order valence-electron chi connectivity index (χ3n) is 3.99. The lowest BCUT2D eigenvalue weighted by atomic mass is 9.92. The van der Waals surface area contributed by atoms with Crippen molar-refractivity contribution in [2.45, 2.75) is 39.2 Å². The Bertz CT molecular complexity index is 914. The number of nitrogens with two attached hydrogens (primary N) is 1. The second kappa shape index (κ2) is 7.18. The van der Waals surface area contributed by atoms with Crippen LogP contribution in [-0.4, -0.2) is 25.1 Å². The van der Waals surface area contributed by atoms with E-state index in [1.165, 1.54) is 12.1 Å². The van der Waals surface area contributed by atoms with E-state index in [0.717, 1.165) is 11.3 Å². The topological polar surface area (TPSA) is 117 Å². The van der Waals surface area contributed by atoms with E-state index in [1.54, 1.807) is 12.1 Å². The van der Waals surface area contributed by atoms with Gasteiger partial charge >= 0.3 is 0 Å². The molecule has 8 nitrogen and oxygen atoms in total. The molecule has 1 unspecified atom stereocenters. The summed E-state index contributed by atoms with van der Waals surface area (Å²) in [5.74, 6) is 0.975. The van der Waals surface area contributed by atoms with Gasteiger partial charge in [-0.1, -0.05) is 32.9 Å². The third kappa shape index (κ3) is 4.69. The molecule has 1 atom stereocenters. The standard InChI is InChI=1S/C18H23FN8/c1-10(11-5-7-12(19)8-6-11)21-16-23-15(20)24-17(25-16)22-14-9-13(26-27-14)18(2,3)4/h5-10H,1-4H3,(H5,20,21,22,23,24,25,26,27). The minimum atomic E-state index is -0.282. The molecule has 0 saturated heterocycles. The van der Waals surface area contributed by atoms with Gasteiger partial charge in [-0.3, -0.25) is 5.10 Å². The molecule has 27 heavy (non-hydrogen) atoms. The number of nitrogen functional groups attached to an aromatic ring is 1. The zero-order valence-corrected chi connectivity index (χ0v) is 15.7. The van der Waals surface area contributed by atoms with Crippen molar-refractivity contribution in [2.24, 2.45) is 0 Å². The van der Waals surface area contributed by atoms with Crippen LogP contribution in [0.5, 0.6) is 0 Å². The van der Waals surface area contributed by atoms with Crippen molar-refractivity contribution in [3.8, 4) is 0 Å². The molecule has 5 N–H and O–H groups in total. The van der Waals surface area contributed by atoms with Crippen molar-refractivity contribution in [3.05, 3.63) is 47.4 Å². The van der Waals surface area contributed by atoms with Gasteiger partial charge in [-0.2, -0.15) is 20.1 Å². The quantitative estimate of drug-likeness (QED) is 0.542. The van der Waals surface area contributed by atoms with Crippen LogP contribution < -0.4 is 16.4 Å². The van der Waals surface area contributed by atoms with Crippen LogP contribution in [0.2, 0.25) is 0 Å².